The second-order valence-corrected chi connectivity index (χ2v) is 9.60. The zero-order chi connectivity index (χ0) is 20.2. The first-order valence-corrected chi connectivity index (χ1v) is 12.3. The van der Waals surface area contributed by atoms with Crippen LogP contribution in [-0.4, -0.2) is 23.2 Å². The molecule has 5 rings (SSSR count). The van der Waals surface area contributed by atoms with Crippen LogP contribution in [0.1, 0.15) is 56.1 Å². The van der Waals surface area contributed by atoms with Crippen molar-refractivity contribution < 1.29 is 4.74 Å². The zero-order valence-corrected chi connectivity index (χ0v) is 18.4. The summed E-state index contributed by atoms with van der Waals surface area (Å²) in [6, 6.07) is 6.61. The molecule has 1 aliphatic heterocycles. The lowest BCUT2D eigenvalue weighted by Crippen LogP contribution is -2.33. The summed E-state index contributed by atoms with van der Waals surface area (Å²) in [5.41, 5.74) is 5.33. The summed E-state index contributed by atoms with van der Waals surface area (Å²) in [6.45, 7) is 2.70. The molecular formula is C26H30N2OS. The second-order valence-electron chi connectivity index (χ2n) is 8.50. The number of pyridine rings is 1. The highest BCUT2D eigenvalue weighted by molar-refractivity contribution is 8.02. The van der Waals surface area contributed by atoms with Gasteiger partial charge in [0.1, 0.15) is 12.2 Å². The second kappa shape index (κ2) is 9.40. The van der Waals surface area contributed by atoms with Gasteiger partial charge in [0.25, 0.3) is 0 Å². The Morgan fingerprint density at radius 2 is 2.17 bits per heavy atom. The number of ether oxygens (including phenoxy) is 1. The van der Waals surface area contributed by atoms with Crippen molar-refractivity contribution in [1.82, 2.24) is 9.88 Å². The van der Waals surface area contributed by atoms with E-state index in [0.29, 0.717) is 6.73 Å². The standard InChI is InChI=1S/C26H30N2OS/c1-3-8-20(9-4-1)13-15-28-17-21-16-22(18-30-23-10-5-2-6-11-23)24-12-7-14-27-25(24)26(21)29-19-28/h2,5,7-8,10,12,14,16H,1,3-4,6,9,11,13,15,17-19H2. The first kappa shape index (κ1) is 19.9. The van der Waals surface area contributed by atoms with Crippen molar-refractivity contribution in [2.24, 2.45) is 0 Å². The lowest BCUT2D eigenvalue weighted by Gasteiger charge is -2.30. The molecule has 3 nitrogen and oxygen atoms in total. The molecule has 30 heavy (non-hydrogen) atoms. The molecule has 2 heterocycles. The number of allylic oxidation sites excluding steroid dienone is 5. The van der Waals surface area contributed by atoms with Crippen LogP contribution >= 0.6 is 11.8 Å². The summed E-state index contributed by atoms with van der Waals surface area (Å²) >= 11 is 1.97. The Hall–Kier alpha value is -2.04. The molecule has 0 spiro atoms. The average Bonchev–Trinajstić information content (AvgIpc) is 2.82. The van der Waals surface area contributed by atoms with E-state index in [2.05, 4.69) is 41.3 Å². The first-order valence-electron chi connectivity index (χ1n) is 11.3. The highest BCUT2D eigenvalue weighted by atomic mass is 32.2. The number of nitrogens with zero attached hydrogens (tertiary/aromatic N) is 2. The van der Waals surface area contributed by atoms with E-state index in [1.54, 1.807) is 5.57 Å². The van der Waals surface area contributed by atoms with Crippen LogP contribution in [0.5, 0.6) is 5.75 Å². The van der Waals surface area contributed by atoms with Gasteiger partial charge in [0, 0.05) is 36.0 Å². The largest absolute Gasteiger partial charge is 0.475 e. The Kier molecular flexibility index (Phi) is 6.24. The van der Waals surface area contributed by atoms with E-state index in [-0.39, 0.29) is 0 Å². The van der Waals surface area contributed by atoms with Crippen molar-refractivity contribution in [3.63, 3.8) is 0 Å². The van der Waals surface area contributed by atoms with Gasteiger partial charge in [-0.1, -0.05) is 35.9 Å². The lowest BCUT2D eigenvalue weighted by atomic mass is 9.97. The van der Waals surface area contributed by atoms with Gasteiger partial charge in [-0.2, -0.15) is 0 Å². The van der Waals surface area contributed by atoms with Gasteiger partial charge in [-0.25, -0.2) is 0 Å². The maximum Gasteiger partial charge on any atom is 0.152 e. The summed E-state index contributed by atoms with van der Waals surface area (Å²) in [6.07, 6.45) is 19.8. The molecular weight excluding hydrogens is 388 g/mol. The summed E-state index contributed by atoms with van der Waals surface area (Å²) in [5.74, 6) is 1.98. The zero-order valence-electron chi connectivity index (χ0n) is 17.6. The topological polar surface area (TPSA) is 25.4 Å². The quantitative estimate of drug-likeness (QED) is 0.485. The highest BCUT2D eigenvalue weighted by Gasteiger charge is 2.22. The fraction of sp³-hybridized carbons (Fsp3) is 0.423. The van der Waals surface area contributed by atoms with E-state index in [0.717, 1.165) is 43.0 Å². The van der Waals surface area contributed by atoms with Crippen molar-refractivity contribution in [1.29, 1.82) is 0 Å². The van der Waals surface area contributed by atoms with Crippen LogP contribution < -0.4 is 4.74 Å². The average molecular weight is 419 g/mol. The molecule has 1 aromatic heterocycles. The normalized spacial score (nSPS) is 19.2. The molecule has 1 aromatic carbocycles. The van der Waals surface area contributed by atoms with Crippen molar-refractivity contribution in [2.45, 2.75) is 57.2 Å². The van der Waals surface area contributed by atoms with E-state index in [1.807, 2.05) is 24.0 Å². The molecule has 0 bridgehead atoms. The molecule has 4 heteroatoms. The van der Waals surface area contributed by atoms with E-state index in [9.17, 15) is 0 Å². The summed E-state index contributed by atoms with van der Waals surface area (Å²) in [5, 5.41) is 1.23. The molecule has 0 N–H and O–H groups in total. The van der Waals surface area contributed by atoms with Gasteiger partial charge in [-0.3, -0.25) is 9.88 Å². The molecule has 3 aliphatic rings. The summed E-state index contributed by atoms with van der Waals surface area (Å²) in [7, 11) is 0. The van der Waals surface area contributed by atoms with Gasteiger partial charge < -0.3 is 4.74 Å². The predicted molar refractivity (Wildman–Crippen MR) is 127 cm³/mol. The number of thioether (sulfide) groups is 1. The molecule has 0 saturated carbocycles. The van der Waals surface area contributed by atoms with Crippen LogP contribution in [0.4, 0.5) is 0 Å². The Bertz CT molecular complexity index is 1010. The number of rotatable bonds is 6. The van der Waals surface area contributed by atoms with Crippen molar-refractivity contribution in [3.05, 3.63) is 70.3 Å². The molecule has 2 aliphatic carbocycles. The minimum atomic E-state index is 0.666. The molecule has 0 amide bonds. The fourth-order valence-electron chi connectivity index (χ4n) is 4.64. The van der Waals surface area contributed by atoms with Crippen LogP contribution in [0.25, 0.3) is 10.9 Å². The van der Waals surface area contributed by atoms with Crippen LogP contribution in [0.2, 0.25) is 0 Å². The summed E-state index contributed by atoms with van der Waals surface area (Å²) in [4.78, 5) is 8.63. The molecule has 0 unspecified atom stereocenters. The van der Waals surface area contributed by atoms with Gasteiger partial charge in [-0.05, 0) is 67.5 Å². The Labute approximate surface area is 183 Å². The third kappa shape index (κ3) is 4.50. The predicted octanol–water partition coefficient (Wildman–Crippen LogP) is 6.74. The molecule has 0 fully saturated rings. The third-order valence-electron chi connectivity index (χ3n) is 6.32. The van der Waals surface area contributed by atoms with Gasteiger partial charge in [0.15, 0.2) is 5.75 Å². The smallest absolute Gasteiger partial charge is 0.152 e. The first-order chi connectivity index (χ1) is 14.9. The van der Waals surface area contributed by atoms with E-state index < -0.39 is 0 Å². The maximum absolute atomic E-state index is 6.26. The summed E-state index contributed by atoms with van der Waals surface area (Å²) < 4.78 is 6.26. The molecule has 0 atom stereocenters. The Morgan fingerprint density at radius 1 is 1.17 bits per heavy atom. The highest BCUT2D eigenvalue weighted by Crippen LogP contribution is 2.37. The fourth-order valence-corrected chi connectivity index (χ4v) is 5.66. The van der Waals surface area contributed by atoms with Gasteiger partial charge in [-0.15, -0.1) is 11.8 Å². The van der Waals surface area contributed by atoms with E-state index in [4.69, 9.17) is 9.72 Å². The minimum Gasteiger partial charge on any atom is -0.475 e. The number of benzene rings is 1. The van der Waals surface area contributed by atoms with E-state index in [1.165, 1.54) is 53.5 Å². The SMILES string of the molecule is C1=CCCC(SCc2cc3c(c4ncccc24)OCN(CCC2=CCCCC2)C3)=C1. The Balaban J connectivity index is 1.35. The third-order valence-corrected chi connectivity index (χ3v) is 7.48. The lowest BCUT2D eigenvalue weighted by molar-refractivity contribution is 0.0977. The molecule has 2 aromatic rings. The van der Waals surface area contributed by atoms with Crippen LogP contribution in [0.15, 0.2) is 59.2 Å². The van der Waals surface area contributed by atoms with Crippen LogP contribution in [0.3, 0.4) is 0 Å². The van der Waals surface area contributed by atoms with Crippen LogP contribution in [0, 0.1) is 0 Å². The monoisotopic (exact) mass is 418 g/mol. The van der Waals surface area contributed by atoms with Crippen molar-refractivity contribution in [3.8, 4) is 5.75 Å². The molecule has 156 valence electrons. The van der Waals surface area contributed by atoms with Gasteiger partial charge >= 0.3 is 0 Å². The number of hydrogen-bond donors (Lipinski definition) is 0. The number of fused-ring (bicyclic) bond motifs is 3. The minimum absolute atomic E-state index is 0.666. The van der Waals surface area contributed by atoms with Crippen molar-refractivity contribution >= 4 is 22.7 Å². The van der Waals surface area contributed by atoms with Gasteiger partial charge in [0.2, 0.25) is 0 Å². The maximum atomic E-state index is 6.26. The number of aromatic nitrogens is 1. The molecule has 0 saturated heterocycles. The van der Waals surface area contributed by atoms with E-state index >= 15 is 0 Å². The van der Waals surface area contributed by atoms with Crippen LogP contribution in [-0.2, 0) is 12.3 Å². The number of hydrogen-bond acceptors (Lipinski definition) is 4. The van der Waals surface area contributed by atoms with Crippen molar-refractivity contribution in [2.75, 3.05) is 13.3 Å². The Morgan fingerprint density at radius 3 is 3.03 bits per heavy atom. The van der Waals surface area contributed by atoms with Gasteiger partial charge in [0.05, 0.1) is 0 Å². The molecule has 0 radical (unpaired) electrons.